The van der Waals surface area contributed by atoms with E-state index < -0.39 is 6.10 Å². The van der Waals surface area contributed by atoms with E-state index in [4.69, 9.17) is 4.74 Å². The molecule has 0 amide bonds. The lowest BCUT2D eigenvalue weighted by Crippen LogP contribution is -2.46. The van der Waals surface area contributed by atoms with Crippen LogP contribution in [0, 0.1) is 11.8 Å². The van der Waals surface area contributed by atoms with E-state index in [0.29, 0.717) is 0 Å². The molecule has 1 fully saturated rings. The Balaban J connectivity index is 2.70. The average molecular weight is 172 g/mol. The largest absolute Gasteiger partial charge is 0.462 e. The third kappa shape index (κ3) is 1.46. The van der Waals surface area contributed by atoms with Crippen LogP contribution in [0.3, 0.4) is 0 Å². The van der Waals surface area contributed by atoms with Crippen molar-refractivity contribution in [2.24, 2.45) is 11.8 Å². The Bertz CT molecular complexity index is 177. The number of aliphatic hydroxyl groups is 1. The lowest BCUT2D eigenvalue weighted by atomic mass is 9.85. The van der Waals surface area contributed by atoms with Crippen molar-refractivity contribution in [1.29, 1.82) is 0 Å². The van der Waals surface area contributed by atoms with E-state index in [-0.39, 0.29) is 23.9 Å². The van der Waals surface area contributed by atoms with Gasteiger partial charge in [0.25, 0.3) is 0 Å². The first kappa shape index (κ1) is 9.52. The molecule has 0 radical (unpaired) electrons. The maximum absolute atomic E-state index is 11.1. The summed E-state index contributed by atoms with van der Waals surface area (Å²) >= 11 is 0. The van der Waals surface area contributed by atoms with Crippen LogP contribution in [0.5, 0.6) is 0 Å². The average Bonchev–Trinajstić information content (AvgIpc) is 2.08. The van der Waals surface area contributed by atoms with Crippen molar-refractivity contribution in [3.05, 3.63) is 0 Å². The van der Waals surface area contributed by atoms with Gasteiger partial charge in [-0.1, -0.05) is 13.8 Å². The summed E-state index contributed by atoms with van der Waals surface area (Å²) in [6, 6.07) is 0. The molecular weight excluding hydrogens is 156 g/mol. The lowest BCUT2D eigenvalue weighted by Gasteiger charge is -2.35. The topological polar surface area (TPSA) is 46.5 Å². The van der Waals surface area contributed by atoms with Gasteiger partial charge in [-0.15, -0.1) is 0 Å². The van der Waals surface area contributed by atoms with Gasteiger partial charge in [0.15, 0.2) is 0 Å². The Morgan fingerprint density at radius 1 is 1.50 bits per heavy atom. The molecule has 1 aliphatic heterocycles. The molecule has 1 rings (SSSR count). The molecule has 0 saturated carbocycles. The van der Waals surface area contributed by atoms with Crippen LogP contribution in [0.4, 0.5) is 0 Å². The first-order valence-electron chi connectivity index (χ1n) is 4.46. The third-order valence-electron chi connectivity index (χ3n) is 2.68. The highest BCUT2D eigenvalue weighted by atomic mass is 16.5. The summed E-state index contributed by atoms with van der Waals surface area (Å²) in [7, 11) is 0. The van der Waals surface area contributed by atoms with Crippen LogP contribution in [0.2, 0.25) is 0 Å². The highest BCUT2D eigenvalue weighted by molar-refractivity contribution is 5.73. The molecule has 1 heterocycles. The predicted octanol–water partition coefficient (Wildman–Crippen LogP) is 0.955. The van der Waals surface area contributed by atoms with Crippen molar-refractivity contribution in [2.45, 2.75) is 39.4 Å². The van der Waals surface area contributed by atoms with E-state index in [2.05, 4.69) is 0 Å². The van der Waals surface area contributed by atoms with Crippen LogP contribution in [0.15, 0.2) is 0 Å². The Morgan fingerprint density at radius 3 is 2.58 bits per heavy atom. The molecule has 1 N–H and O–H groups in total. The maximum atomic E-state index is 11.1. The number of carbonyl (C=O) groups excluding carboxylic acids is 1. The van der Waals surface area contributed by atoms with E-state index in [0.717, 1.165) is 6.42 Å². The van der Waals surface area contributed by atoms with Gasteiger partial charge in [-0.25, -0.2) is 0 Å². The standard InChI is InChI=1S/C9H16O3/c1-4-7-5(2)8(10)6(3)9(11)12-7/h5-8,10H,4H2,1-3H3/t5-,6?,7+,8-/m0/s1. The summed E-state index contributed by atoms with van der Waals surface area (Å²) in [6.07, 6.45) is 0.122. The van der Waals surface area contributed by atoms with E-state index in [1.807, 2.05) is 13.8 Å². The van der Waals surface area contributed by atoms with Crippen LogP contribution in [-0.4, -0.2) is 23.3 Å². The number of esters is 1. The molecule has 12 heavy (non-hydrogen) atoms. The molecule has 0 aliphatic carbocycles. The van der Waals surface area contributed by atoms with E-state index in [9.17, 15) is 9.90 Å². The Labute approximate surface area is 72.7 Å². The van der Waals surface area contributed by atoms with Gasteiger partial charge in [0.2, 0.25) is 0 Å². The molecule has 4 atom stereocenters. The number of hydrogen-bond donors (Lipinski definition) is 1. The first-order valence-corrected chi connectivity index (χ1v) is 4.46. The van der Waals surface area contributed by atoms with Gasteiger partial charge in [-0.2, -0.15) is 0 Å². The Morgan fingerprint density at radius 2 is 2.08 bits per heavy atom. The molecular formula is C9H16O3. The molecule has 70 valence electrons. The molecule has 0 aromatic heterocycles. The summed E-state index contributed by atoms with van der Waals surface area (Å²) in [5.74, 6) is -0.585. The Hall–Kier alpha value is -0.570. The normalized spacial score (nSPS) is 42.5. The van der Waals surface area contributed by atoms with Crippen LogP contribution in [0.1, 0.15) is 27.2 Å². The van der Waals surface area contributed by atoms with Gasteiger partial charge < -0.3 is 9.84 Å². The fourth-order valence-electron chi connectivity index (χ4n) is 1.63. The van der Waals surface area contributed by atoms with Crippen molar-refractivity contribution in [1.82, 2.24) is 0 Å². The highest BCUT2D eigenvalue weighted by Crippen LogP contribution is 2.27. The minimum Gasteiger partial charge on any atom is -0.462 e. The Kier molecular flexibility index (Phi) is 2.73. The van der Waals surface area contributed by atoms with Gasteiger partial charge in [0, 0.05) is 5.92 Å². The van der Waals surface area contributed by atoms with Gasteiger partial charge in [-0.3, -0.25) is 4.79 Å². The third-order valence-corrected chi connectivity index (χ3v) is 2.68. The summed E-state index contributed by atoms with van der Waals surface area (Å²) in [6.45, 7) is 5.58. The van der Waals surface area contributed by atoms with E-state index in [1.54, 1.807) is 6.92 Å². The van der Waals surface area contributed by atoms with Crippen molar-refractivity contribution in [3.8, 4) is 0 Å². The molecule has 0 aromatic rings. The molecule has 1 unspecified atom stereocenters. The first-order chi connectivity index (χ1) is 5.57. The second-order valence-corrected chi connectivity index (χ2v) is 3.52. The van der Waals surface area contributed by atoms with E-state index >= 15 is 0 Å². The number of rotatable bonds is 1. The number of hydrogen-bond acceptors (Lipinski definition) is 3. The quantitative estimate of drug-likeness (QED) is 0.599. The van der Waals surface area contributed by atoms with Crippen LogP contribution >= 0.6 is 0 Å². The highest BCUT2D eigenvalue weighted by Gasteiger charge is 2.39. The number of ether oxygens (including phenoxy) is 1. The number of cyclic esters (lactones) is 1. The molecule has 0 bridgehead atoms. The molecule has 3 heteroatoms. The zero-order chi connectivity index (χ0) is 9.30. The zero-order valence-electron chi connectivity index (χ0n) is 7.78. The lowest BCUT2D eigenvalue weighted by molar-refractivity contribution is -0.177. The second-order valence-electron chi connectivity index (χ2n) is 3.52. The summed E-state index contributed by atoms with van der Waals surface area (Å²) < 4.78 is 5.13. The zero-order valence-corrected chi connectivity index (χ0v) is 7.78. The monoisotopic (exact) mass is 172 g/mol. The van der Waals surface area contributed by atoms with Crippen molar-refractivity contribution in [2.75, 3.05) is 0 Å². The smallest absolute Gasteiger partial charge is 0.311 e. The van der Waals surface area contributed by atoms with E-state index in [1.165, 1.54) is 0 Å². The summed E-state index contributed by atoms with van der Waals surface area (Å²) in [5, 5.41) is 9.62. The number of carbonyl (C=O) groups is 1. The molecule has 0 spiro atoms. The van der Waals surface area contributed by atoms with Crippen molar-refractivity contribution in [3.63, 3.8) is 0 Å². The SMILES string of the molecule is CC[C@H]1OC(=O)C(C)[C@@H](O)[C@H]1C. The van der Waals surface area contributed by atoms with Crippen LogP contribution < -0.4 is 0 Å². The molecule has 3 nitrogen and oxygen atoms in total. The van der Waals surface area contributed by atoms with Crippen LogP contribution in [-0.2, 0) is 9.53 Å². The summed E-state index contributed by atoms with van der Waals surface area (Å²) in [5.41, 5.74) is 0. The minimum atomic E-state index is -0.545. The number of aliphatic hydroxyl groups excluding tert-OH is 1. The second kappa shape index (κ2) is 3.44. The fourth-order valence-corrected chi connectivity index (χ4v) is 1.63. The van der Waals surface area contributed by atoms with Gasteiger partial charge in [0.1, 0.15) is 6.10 Å². The van der Waals surface area contributed by atoms with Crippen molar-refractivity contribution < 1.29 is 14.6 Å². The van der Waals surface area contributed by atoms with Gasteiger partial charge in [-0.05, 0) is 13.3 Å². The molecule has 1 saturated heterocycles. The van der Waals surface area contributed by atoms with Crippen LogP contribution in [0.25, 0.3) is 0 Å². The molecule has 0 aromatic carbocycles. The predicted molar refractivity (Wildman–Crippen MR) is 44.5 cm³/mol. The van der Waals surface area contributed by atoms with Crippen molar-refractivity contribution >= 4 is 5.97 Å². The van der Waals surface area contributed by atoms with Gasteiger partial charge in [0.05, 0.1) is 12.0 Å². The summed E-state index contributed by atoms with van der Waals surface area (Å²) in [4.78, 5) is 11.1. The maximum Gasteiger partial charge on any atom is 0.311 e. The minimum absolute atomic E-state index is 0.0581. The fraction of sp³-hybridized carbons (Fsp3) is 0.889. The molecule has 1 aliphatic rings. The van der Waals surface area contributed by atoms with Gasteiger partial charge >= 0.3 is 5.97 Å².